The highest BCUT2D eigenvalue weighted by atomic mass is 79.9. The Morgan fingerprint density at radius 3 is 2.86 bits per heavy atom. The maximum atomic E-state index is 12.5. The first kappa shape index (κ1) is 15.8. The first-order valence-electron chi connectivity index (χ1n) is 6.95. The molecule has 1 fully saturated rings. The van der Waals surface area contributed by atoms with Crippen LogP contribution in [0.5, 0.6) is 5.75 Å². The number of hydrogen-bond donors (Lipinski definition) is 1. The quantitative estimate of drug-likeness (QED) is 0.900. The number of rotatable bonds is 4. The van der Waals surface area contributed by atoms with Crippen LogP contribution in [0.25, 0.3) is 0 Å². The fraction of sp³-hybridized carbons (Fsp3) is 0.467. The minimum atomic E-state index is -0.426. The highest BCUT2D eigenvalue weighted by Crippen LogP contribution is 2.24. The van der Waals surface area contributed by atoms with E-state index < -0.39 is 6.04 Å². The molecule has 0 saturated carbocycles. The normalized spacial score (nSPS) is 19.2. The fourth-order valence-electron chi connectivity index (χ4n) is 2.33. The van der Waals surface area contributed by atoms with Gasteiger partial charge in [0, 0.05) is 24.0 Å². The van der Waals surface area contributed by atoms with Crippen molar-refractivity contribution < 1.29 is 14.3 Å². The van der Waals surface area contributed by atoms with Gasteiger partial charge in [0.15, 0.2) is 0 Å². The standard InChI is InChI=1S/C15H19BrN2O3/c1-3-13-15(20)18(7-6-14(19)17-13)9-10-8-11(21-2)4-5-12(10)16/h4-5,8,13H,3,6-7,9H2,1-2H3,(H,17,19). The molecule has 1 aromatic carbocycles. The minimum Gasteiger partial charge on any atom is -0.497 e. The van der Waals surface area contributed by atoms with E-state index in [2.05, 4.69) is 21.2 Å². The molecular weight excluding hydrogens is 336 g/mol. The molecule has 6 heteroatoms. The van der Waals surface area contributed by atoms with E-state index in [1.165, 1.54) is 0 Å². The van der Waals surface area contributed by atoms with Gasteiger partial charge in [0.2, 0.25) is 11.8 Å². The molecule has 1 aliphatic rings. The van der Waals surface area contributed by atoms with Crippen LogP contribution in [-0.4, -0.2) is 36.4 Å². The molecule has 0 bridgehead atoms. The maximum Gasteiger partial charge on any atom is 0.245 e. The van der Waals surface area contributed by atoms with Gasteiger partial charge in [-0.1, -0.05) is 22.9 Å². The molecular formula is C15H19BrN2O3. The average Bonchev–Trinajstić information content (AvgIpc) is 2.62. The number of methoxy groups -OCH3 is 1. The summed E-state index contributed by atoms with van der Waals surface area (Å²) in [5, 5.41) is 2.76. The molecule has 1 aromatic rings. The third kappa shape index (κ3) is 3.75. The number of amides is 2. The van der Waals surface area contributed by atoms with E-state index in [9.17, 15) is 9.59 Å². The molecule has 1 N–H and O–H groups in total. The second-order valence-electron chi connectivity index (χ2n) is 5.00. The summed E-state index contributed by atoms with van der Waals surface area (Å²) < 4.78 is 6.14. The van der Waals surface area contributed by atoms with Gasteiger partial charge in [-0.2, -0.15) is 0 Å². The zero-order valence-corrected chi connectivity index (χ0v) is 13.8. The summed E-state index contributed by atoms with van der Waals surface area (Å²) in [6, 6.07) is 5.23. The van der Waals surface area contributed by atoms with Gasteiger partial charge in [0.25, 0.3) is 0 Å². The van der Waals surface area contributed by atoms with Crippen LogP contribution >= 0.6 is 15.9 Å². The second kappa shape index (κ2) is 6.93. The van der Waals surface area contributed by atoms with Crippen LogP contribution in [0.4, 0.5) is 0 Å². The SMILES string of the molecule is CCC1NC(=O)CCN(Cc2cc(OC)ccc2Br)C1=O. The fourth-order valence-corrected chi connectivity index (χ4v) is 2.71. The predicted octanol–water partition coefficient (Wildman–Crippen LogP) is 2.08. The molecule has 114 valence electrons. The number of carbonyl (C=O) groups is 2. The molecule has 1 saturated heterocycles. The average molecular weight is 355 g/mol. The zero-order chi connectivity index (χ0) is 15.4. The number of nitrogens with one attached hydrogen (secondary N) is 1. The Hall–Kier alpha value is -1.56. The monoisotopic (exact) mass is 354 g/mol. The lowest BCUT2D eigenvalue weighted by molar-refractivity contribution is -0.134. The Morgan fingerprint density at radius 1 is 1.43 bits per heavy atom. The van der Waals surface area contributed by atoms with Gasteiger partial charge in [-0.15, -0.1) is 0 Å². The van der Waals surface area contributed by atoms with Gasteiger partial charge < -0.3 is 15.0 Å². The number of nitrogens with zero attached hydrogens (tertiary/aromatic N) is 1. The molecule has 2 amide bonds. The van der Waals surface area contributed by atoms with Crippen LogP contribution in [0, 0.1) is 0 Å². The second-order valence-corrected chi connectivity index (χ2v) is 5.85. The first-order chi connectivity index (χ1) is 10.0. The van der Waals surface area contributed by atoms with E-state index >= 15 is 0 Å². The zero-order valence-electron chi connectivity index (χ0n) is 12.2. The van der Waals surface area contributed by atoms with Crippen molar-refractivity contribution in [2.24, 2.45) is 0 Å². The van der Waals surface area contributed by atoms with Crippen LogP contribution < -0.4 is 10.1 Å². The van der Waals surface area contributed by atoms with Crippen LogP contribution in [0.2, 0.25) is 0 Å². The van der Waals surface area contributed by atoms with Gasteiger partial charge in [0.1, 0.15) is 11.8 Å². The molecule has 1 heterocycles. The summed E-state index contributed by atoms with van der Waals surface area (Å²) in [5.74, 6) is 0.650. The van der Waals surface area contributed by atoms with Crippen LogP contribution in [-0.2, 0) is 16.1 Å². The number of benzene rings is 1. The number of carbonyl (C=O) groups excluding carboxylic acids is 2. The summed E-state index contributed by atoms with van der Waals surface area (Å²) in [7, 11) is 1.61. The molecule has 1 atom stereocenters. The van der Waals surface area contributed by atoms with E-state index in [-0.39, 0.29) is 11.8 Å². The lowest BCUT2D eigenvalue weighted by Gasteiger charge is -2.24. The van der Waals surface area contributed by atoms with Crippen molar-refractivity contribution in [2.75, 3.05) is 13.7 Å². The third-order valence-electron chi connectivity index (χ3n) is 3.58. The number of ether oxygens (including phenoxy) is 1. The lowest BCUT2D eigenvalue weighted by atomic mass is 10.1. The molecule has 1 aliphatic heterocycles. The van der Waals surface area contributed by atoms with Gasteiger partial charge in [-0.05, 0) is 30.2 Å². The van der Waals surface area contributed by atoms with Gasteiger partial charge in [0.05, 0.1) is 7.11 Å². The maximum absolute atomic E-state index is 12.5. The summed E-state index contributed by atoms with van der Waals surface area (Å²) in [6.07, 6.45) is 0.935. The Kier molecular flexibility index (Phi) is 5.22. The molecule has 21 heavy (non-hydrogen) atoms. The first-order valence-corrected chi connectivity index (χ1v) is 7.75. The Morgan fingerprint density at radius 2 is 2.19 bits per heavy atom. The largest absolute Gasteiger partial charge is 0.497 e. The minimum absolute atomic E-state index is 0.0296. The molecule has 0 spiro atoms. The lowest BCUT2D eigenvalue weighted by Crippen LogP contribution is -2.43. The van der Waals surface area contributed by atoms with Crippen molar-refractivity contribution in [1.82, 2.24) is 10.2 Å². The third-order valence-corrected chi connectivity index (χ3v) is 4.35. The molecule has 0 radical (unpaired) electrons. The smallest absolute Gasteiger partial charge is 0.245 e. The molecule has 1 unspecified atom stereocenters. The van der Waals surface area contributed by atoms with Crippen molar-refractivity contribution in [2.45, 2.75) is 32.4 Å². The van der Waals surface area contributed by atoms with E-state index in [4.69, 9.17) is 4.74 Å². The Bertz CT molecular complexity index is 548. The predicted molar refractivity (Wildman–Crippen MR) is 82.9 cm³/mol. The molecule has 0 aliphatic carbocycles. The van der Waals surface area contributed by atoms with Crippen LogP contribution in [0.1, 0.15) is 25.3 Å². The summed E-state index contributed by atoms with van der Waals surface area (Å²) >= 11 is 3.49. The van der Waals surface area contributed by atoms with Crippen molar-refractivity contribution >= 4 is 27.7 Å². The highest BCUT2D eigenvalue weighted by Gasteiger charge is 2.28. The van der Waals surface area contributed by atoms with E-state index in [1.54, 1.807) is 12.0 Å². The Balaban J connectivity index is 2.20. The molecule has 2 rings (SSSR count). The molecule has 0 aromatic heterocycles. The van der Waals surface area contributed by atoms with Crippen molar-refractivity contribution in [1.29, 1.82) is 0 Å². The van der Waals surface area contributed by atoms with Gasteiger partial charge >= 0.3 is 0 Å². The Labute approximate surface area is 132 Å². The topological polar surface area (TPSA) is 58.6 Å². The van der Waals surface area contributed by atoms with E-state index in [0.29, 0.717) is 25.9 Å². The summed E-state index contributed by atoms with van der Waals surface area (Å²) in [6.45, 7) is 2.79. The number of hydrogen-bond acceptors (Lipinski definition) is 3. The van der Waals surface area contributed by atoms with Gasteiger partial charge in [-0.3, -0.25) is 9.59 Å². The summed E-state index contributed by atoms with van der Waals surface area (Å²) in [4.78, 5) is 25.8. The van der Waals surface area contributed by atoms with Crippen LogP contribution in [0.15, 0.2) is 22.7 Å². The van der Waals surface area contributed by atoms with Crippen molar-refractivity contribution in [3.63, 3.8) is 0 Å². The van der Waals surface area contributed by atoms with E-state index in [0.717, 1.165) is 15.8 Å². The van der Waals surface area contributed by atoms with Crippen molar-refractivity contribution in [3.8, 4) is 5.75 Å². The number of halogens is 1. The van der Waals surface area contributed by atoms with Crippen molar-refractivity contribution in [3.05, 3.63) is 28.2 Å². The molecule has 5 nitrogen and oxygen atoms in total. The van der Waals surface area contributed by atoms with Crippen LogP contribution in [0.3, 0.4) is 0 Å². The van der Waals surface area contributed by atoms with E-state index in [1.807, 2.05) is 25.1 Å². The van der Waals surface area contributed by atoms with Gasteiger partial charge in [-0.25, -0.2) is 0 Å². The highest BCUT2D eigenvalue weighted by molar-refractivity contribution is 9.10. The summed E-state index contributed by atoms with van der Waals surface area (Å²) in [5.41, 5.74) is 0.965.